The Morgan fingerprint density at radius 1 is 1.22 bits per heavy atom. The smallest absolute Gasteiger partial charge is 0.0792 e. The SMILES string of the molecule is CC(O)c1cnn(CCCCc2ccccc2)c1. The van der Waals surface area contributed by atoms with Crippen molar-refractivity contribution in [1.29, 1.82) is 0 Å². The van der Waals surface area contributed by atoms with Gasteiger partial charge in [-0.15, -0.1) is 0 Å². The Morgan fingerprint density at radius 2 is 2.00 bits per heavy atom. The number of aliphatic hydroxyl groups excluding tert-OH is 1. The van der Waals surface area contributed by atoms with Crippen LogP contribution in [0.3, 0.4) is 0 Å². The molecule has 3 nitrogen and oxygen atoms in total. The molecule has 1 aromatic heterocycles. The van der Waals surface area contributed by atoms with Gasteiger partial charge in [-0.3, -0.25) is 4.68 Å². The molecule has 2 rings (SSSR count). The Kier molecular flexibility index (Phi) is 4.53. The maximum atomic E-state index is 9.40. The first kappa shape index (κ1) is 12.8. The van der Waals surface area contributed by atoms with E-state index in [1.165, 1.54) is 5.56 Å². The number of unbranched alkanes of at least 4 members (excludes halogenated alkanes) is 1. The summed E-state index contributed by atoms with van der Waals surface area (Å²) in [7, 11) is 0. The van der Waals surface area contributed by atoms with Gasteiger partial charge in [0.1, 0.15) is 0 Å². The van der Waals surface area contributed by atoms with E-state index in [-0.39, 0.29) is 0 Å². The molecule has 0 saturated carbocycles. The predicted octanol–water partition coefficient (Wildman–Crippen LogP) is 2.96. The number of rotatable bonds is 6. The number of hydrogen-bond acceptors (Lipinski definition) is 2. The third kappa shape index (κ3) is 3.70. The van der Waals surface area contributed by atoms with Crippen LogP contribution in [0.15, 0.2) is 42.7 Å². The van der Waals surface area contributed by atoms with Gasteiger partial charge in [0.15, 0.2) is 0 Å². The van der Waals surface area contributed by atoms with Gasteiger partial charge in [0.25, 0.3) is 0 Å². The Hall–Kier alpha value is -1.61. The van der Waals surface area contributed by atoms with E-state index >= 15 is 0 Å². The van der Waals surface area contributed by atoms with Gasteiger partial charge in [-0.05, 0) is 31.7 Å². The van der Waals surface area contributed by atoms with Crippen molar-refractivity contribution in [1.82, 2.24) is 9.78 Å². The van der Waals surface area contributed by atoms with Crippen molar-refractivity contribution in [2.24, 2.45) is 0 Å². The van der Waals surface area contributed by atoms with Gasteiger partial charge < -0.3 is 5.11 Å². The van der Waals surface area contributed by atoms with Crippen molar-refractivity contribution in [3.8, 4) is 0 Å². The van der Waals surface area contributed by atoms with E-state index in [9.17, 15) is 5.11 Å². The molecular formula is C15H20N2O. The van der Waals surface area contributed by atoms with Crippen LogP contribution in [0.2, 0.25) is 0 Å². The number of nitrogens with zero attached hydrogens (tertiary/aromatic N) is 2. The Bertz CT molecular complexity index is 462. The fourth-order valence-electron chi connectivity index (χ4n) is 1.97. The molecule has 1 unspecified atom stereocenters. The minimum atomic E-state index is -0.428. The highest BCUT2D eigenvalue weighted by molar-refractivity contribution is 5.14. The average Bonchev–Trinajstić information content (AvgIpc) is 2.85. The highest BCUT2D eigenvalue weighted by atomic mass is 16.3. The predicted molar refractivity (Wildman–Crippen MR) is 72.2 cm³/mol. The summed E-state index contributed by atoms with van der Waals surface area (Å²) >= 11 is 0. The van der Waals surface area contributed by atoms with Crippen LogP contribution in [-0.2, 0) is 13.0 Å². The minimum absolute atomic E-state index is 0.428. The lowest BCUT2D eigenvalue weighted by molar-refractivity contribution is 0.199. The van der Waals surface area contributed by atoms with E-state index in [1.54, 1.807) is 13.1 Å². The zero-order chi connectivity index (χ0) is 12.8. The largest absolute Gasteiger partial charge is 0.389 e. The van der Waals surface area contributed by atoms with E-state index in [0.29, 0.717) is 0 Å². The standard InChI is InChI=1S/C15H20N2O/c1-13(18)15-11-16-17(12-15)10-6-5-9-14-7-3-2-4-8-14/h2-4,7-8,11-13,18H,5-6,9-10H2,1H3. The first-order chi connectivity index (χ1) is 8.75. The number of hydrogen-bond donors (Lipinski definition) is 1. The van der Waals surface area contributed by atoms with Crippen LogP contribution in [0, 0.1) is 0 Å². The van der Waals surface area contributed by atoms with Crippen molar-refractivity contribution < 1.29 is 5.11 Å². The summed E-state index contributed by atoms with van der Waals surface area (Å²) in [6.45, 7) is 2.68. The van der Waals surface area contributed by atoms with Gasteiger partial charge in [0.05, 0.1) is 12.3 Å². The highest BCUT2D eigenvalue weighted by Crippen LogP contribution is 2.11. The van der Waals surface area contributed by atoms with Gasteiger partial charge in [0, 0.05) is 18.3 Å². The molecule has 1 heterocycles. The first-order valence-electron chi connectivity index (χ1n) is 6.50. The Labute approximate surface area is 108 Å². The second kappa shape index (κ2) is 6.36. The third-order valence-electron chi connectivity index (χ3n) is 3.08. The van der Waals surface area contributed by atoms with E-state index in [2.05, 4.69) is 29.4 Å². The summed E-state index contributed by atoms with van der Waals surface area (Å²) in [6.07, 6.45) is 6.62. The van der Waals surface area contributed by atoms with Crippen LogP contribution in [-0.4, -0.2) is 14.9 Å². The molecule has 0 bridgehead atoms. The highest BCUT2D eigenvalue weighted by Gasteiger charge is 2.03. The monoisotopic (exact) mass is 244 g/mol. The molecule has 1 aromatic carbocycles. The fraction of sp³-hybridized carbons (Fsp3) is 0.400. The molecule has 0 aliphatic rings. The molecule has 3 heteroatoms. The van der Waals surface area contributed by atoms with Gasteiger partial charge in [0.2, 0.25) is 0 Å². The van der Waals surface area contributed by atoms with Crippen LogP contribution >= 0.6 is 0 Å². The molecular weight excluding hydrogens is 224 g/mol. The molecule has 0 saturated heterocycles. The van der Waals surface area contributed by atoms with E-state index in [0.717, 1.165) is 31.4 Å². The van der Waals surface area contributed by atoms with Crippen LogP contribution < -0.4 is 0 Å². The summed E-state index contributed by atoms with van der Waals surface area (Å²) in [5.41, 5.74) is 2.28. The van der Waals surface area contributed by atoms with Crippen molar-refractivity contribution in [2.45, 2.75) is 38.8 Å². The zero-order valence-corrected chi connectivity index (χ0v) is 10.8. The van der Waals surface area contributed by atoms with Gasteiger partial charge in [-0.25, -0.2) is 0 Å². The lowest BCUT2D eigenvalue weighted by atomic mass is 10.1. The molecule has 0 radical (unpaired) electrons. The maximum absolute atomic E-state index is 9.40. The molecule has 96 valence electrons. The molecule has 1 N–H and O–H groups in total. The quantitative estimate of drug-likeness (QED) is 0.793. The fourth-order valence-corrected chi connectivity index (χ4v) is 1.97. The molecule has 0 fully saturated rings. The topological polar surface area (TPSA) is 38.1 Å². The molecule has 0 amide bonds. The van der Waals surface area contributed by atoms with Crippen molar-refractivity contribution in [2.75, 3.05) is 0 Å². The van der Waals surface area contributed by atoms with E-state index in [1.807, 2.05) is 16.9 Å². The van der Waals surface area contributed by atoms with Crippen molar-refractivity contribution in [3.05, 3.63) is 53.9 Å². The summed E-state index contributed by atoms with van der Waals surface area (Å²) in [5.74, 6) is 0. The second-order valence-corrected chi connectivity index (χ2v) is 4.66. The molecule has 1 atom stereocenters. The van der Waals surface area contributed by atoms with Crippen molar-refractivity contribution >= 4 is 0 Å². The summed E-state index contributed by atoms with van der Waals surface area (Å²) in [6, 6.07) is 10.5. The van der Waals surface area contributed by atoms with E-state index < -0.39 is 6.10 Å². The summed E-state index contributed by atoms with van der Waals surface area (Å²) in [5, 5.41) is 13.6. The van der Waals surface area contributed by atoms with Crippen LogP contribution in [0.5, 0.6) is 0 Å². The molecule has 0 aliphatic carbocycles. The molecule has 18 heavy (non-hydrogen) atoms. The third-order valence-corrected chi connectivity index (χ3v) is 3.08. The summed E-state index contributed by atoms with van der Waals surface area (Å²) < 4.78 is 1.91. The lowest BCUT2D eigenvalue weighted by Crippen LogP contribution is -1.99. The average molecular weight is 244 g/mol. The van der Waals surface area contributed by atoms with Gasteiger partial charge >= 0.3 is 0 Å². The molecule has 0 aliphatic heterocycles. The summed E-state index contributed by atoms with van der Waals surface area (Å²) in [4.78, 5) is 0. The number of benzene rings is 1. The maximum Gasteiger partial charge on any atom is 0.0792 e. The van der Waals surface area contributed by atoms with Crippen LogP contribution in [0.25, 0.3) is 0 Å². The number of aryl methyl sites for hydroxylation is 2. The zero-order valence-electron chi connectivity index (χ0n) is 10.8. The normalized spacial score (nSPS) is 12.6. The van der Waals surface area contributed by atoms with Gasteiger partial charge in [-0.1, -0.05) is 30.3 Å². The lowest BCUT2D eigenvalue weighted by Gasteiger charge is -2.02. The van der Waals surface area contributed by atoms with Crippen LogP contribution in [0.4, 0.5) is 0 Å². The molecule has 0 spiro atoms. The first-order valence-corrected chi connectivity index (χ1v) is 6.50. The van der Waals surface area contributed by atoms with Gasteiger partial charge in [-0.2, -0.15) is 5.10 Å². The number of aromatic nitrogens is 2. The minimum Gasteiger partial charge on any atom is -0.389 e. The van der Waals surface area contributed by atoms with E-state index in [4.69, 9.17) is 0 Å². The number of aliphatic hydroxyl groups is 1. The van der Waals surface area contributed by atoms with Crippen LogP contribution in [0.1, 0.15) is 37.0 Å². The molecule has 2 aromatic rings. The Morgan fingerprint density at radius 3 is 2.67 bits per heavy atom. The second-order valence-electron chi connectivity index (χ2n) is 4.66. The Balaban J connectivity index is 1.72. The van der Waals surface area contributed by atoms with Crippen molar-refractivity contribution in [3.63, 3.8) is 0 Å².